The molecule has 32 heavy (non-hydrogen) atoms. The highest BCUT2D eigenvalue weighted by Gasteiger charge is 2.74. The van der Waals surface area contributed by atoms with Gasteiger partial charge in [-0.2, -0.15) is 0 Å². The predicted molar refractivity (Wildman–Crippen MR) is 132 cm³/mol. The van der Waals surface area contributed by atoms with Gasteiger partial charge in [0, 0.05) is 0 Å². The van der Waals surface area contributed by atoms with E-state index in [4.69, 9.17) is 0 Å². The van der Waals surface area contributed by atoms with Crippen molar-refractivity contribution in [2.45, 2.75) is 131 Å². The first kappa shape index (κ1) is 23.7. The molecule has 0 bridgehead atoms. The van der Waals surface area contributed by atoms with E-state index in [1.54, 1.807) is 0 Å². The molecule has 184 valence electrons. The number of aliphatic hydroxyl groups is 2. The maximum atomic E-state index is 12.5. The average Bonchev–Trinajstić information content (AvgIpc) is 2.98. The number of rotatable bonds is 1. The normalized spacial score (nSPS) is 59.2. The van der Waals surface area contributed by atoms with Crippen LogP contribution in [0.1, 0.15) is 120 Å². The standard InChI is InChI=1S/C30H52O2/c1-19(2)20-11-16-30(32)23-10-9-22-26(5)14-13-24(31)25(3,4)21(26)12-15-28(22,7)29(23,8)18-17-27(20,30)6/h19-24,31-32H,9-18H2,1-8H3/t20-,21-,22-,23+,24-,26+,27-,28-,29-,30+/m1/s1. The Bertz CT molecular complexity index is 773. The van der Waals surface area contributed by atoms with Gasteiger partial charge in [0.2, 0.25) is 0 Å². The van der Waals surface area contributed by atoms with Crippen LogP contribution in [0.4, 0.5) is 0 Å². The van der Waals surface area contributed by atoms with Gasteiger partial charge in [0.15, 0.2) is 0 Å². The third-order valence-corrected chi connectivity index (χ3v) is 14.0. The third-order valence-electron chi connectivity index (χ3n) is 14.0. The van der Waals surface area contributed by atoms with E-state index in [1.807, 2.05) is 0 Å². The van der Waals surface area contributed by atoms with Crippen LogP contribution in [0.15, 0.2) is 0 Å². The van der Waals surface area contributed by atoms with E-state index in [1.165, 1.54) is 51.4 Å². The Balaban J connectivity index is 1.54. The topological polar surface area (TPSA) is 40.5 Å². The fourth-order valence-electron chi connectivity index (χ4n) is 12.0. The Morgan fingerprint density at radius 1 is 0.625 bits per heavy atom. The second kappa shape index (κ2) is 6.77. The summed E-state index contributed by atoms with van der Waals surface area (Å²) in [4.78, 5) is 0. The number of hydrogen-bond acceptors (Lipinski definition) is 2. The predicted octanol–water partition coefficient (Wildman–Crippen LogP) is 7.22. The summed E-state index contributed by atoms with van der Waals surface area (Å²) in [5.41, 5.74) is 0.473. The van der Waals surface area contributed by atoms with E-state index in [-0.39, 0.29) is 22.3 Å². The van der Waals surface area contributed by atoms with Crippen LogP contribution in [0, 0.1) is 56.7 Å². The minimum atomic E-state index is -0.483. The van der Waals surface area contributed by atoms with Crippen LogP contribution in [0.3, 0.4) is 0 Å². The lowest BCUT2D eigenvalue weighted by atomic mass is 9.32. The summed E-state index contributed by atoms with van der Waals surface area (Å²) >= 11 is 0. The lowest BCUT2D eigenvalue weighted by molar-refractivity contribution is -0.281. The SMILES string of the molecule is CC(C)[C@H]1CC[C@]2(O)[C@H]3CC[C@@H]4[C@@]5(C)CC[C@@H](O)C(C)(C)[C@H]5CC[C@@]4(C)[C@]3(C)CC[C@]12C. The Labute approximate surface area is 198 Å². The highest BCUT2D eigenvalue weighted by atomic mass is 16.3. The monoisotopic (exact) mass is 444 g/mol. The van der Waals surface area contributed by atoms with Crippen LogP contribution >= 0.6 is 0 Å². The molecule has 0 heterocycles. The second-order valence-electron chi connectivity index (χ2n) is 15.2. The first-order valence-corrected chi connectivity index (χ1v) is 14.1. The van der Waals surface area contributed by atoms with E-state index in [2.05, 4.69) is 55.4 Å². The summed E-state index contributed by atoms with van der Waals surface area (Å²) in [5, 5.41) is 23.4. The van der Waals surface area contributed by atoms with E-state index >= 15 is 0 Å². The van der Waals surface area contributed by atoms with Crippen molar-refractivity contribution in [2.24, 2.45) is 56.7 Å². The van der Waals surface area contributed by atoms with Crippen molar-refractivity contribution in [3.63, 3.8) is 0 Å². The molecule has 2 heteroatoms. The van der Waals surface area contributed by atoms with Gasteiger partial charge < -0.3 is 10.2 Å². The molecule has 0 aromatic rings. The molecule has 10 atom stereocenters. The van der Waals surface area contributed by atoms with Crippen molar-refractivity contribution in [3.05, 3.63) is 0 Å². The summed E-state index contributed by atoms with van der Waals surface area (Å²) in [5.74, 6) is 3.11. The molecular formula is C30H52O2. The van der Waals surface area contributed by atoms with Gasteiger partial charge in [0.25, 0.3) is 0 Å². The van der Waals surface area contributed by atoms with Gasteiger partial charge in [-0.15, -0.1) is 0 Å². The second-order valence-corrected chi connectivity index (χ2v) is 15.2. The number of hydrogen-bond donors (Lipinski definition) is 2. The summed E-state index contributed by atoms with van der Waals surface area (Å²) in [6, 6.07) is 0. The highest BCUT2D eigenvalue weighted by Crippen LogP contribution is 2.78. The first-order valence-electron chi connectivity index (χ1n) is 14.1. The Morgan fingerprint density at radius 2 is 1.22 bits per heavy atom. The molecule has 5 rings (SSSR count). The van der Waals surface area contributed by atoms with Gasteiger partial charge in [-0.25, -0.2) is 0 Å². The lowest BCUT2D eigenvalue weighted by Crippen LogP contribution is -2.70. The molecule has 0 saturated heterocycles. The zero-order valence-corrected chi connectivity index (χ0v) is 22.4. The van der Waals surface area contributed by atoms with Crippen LogP contribution in [0.25, 0.3) is 0 Å². The van der Waals surface area contributed by atoms with E-state index in [9.17, 15) is 10.2 Å². The molecule has 5 fully saturated rings. The minimum absolute atomic E-state index is 0.0192. The minimum Gasteiger partial charge on any atom is -0.393 e. The molecule has 0 radical (unpaired) electrons. The van der Waals surface area contributed by atoms with Crippen molar-refractivity contribution in [2.75, 3.05) is 0 Å². The fourth-order valence-corrected chi connectivity index (χ4v) is 12.0. The van der Waals surface area contributed by atoms with Gasteiger partial charge in [-0.1, -0.05) is 55.4 Å². The molecule has 5 saturated carbocycles. The van der Waals surface area contributed by atoms with Crippen molar-refractivity contribution in [3.8, 4) is 0 Å². The number of aliphatic hydroxyl groups excluding tert-OH is 1. The zero-order chi connectivity index (χ0) is 23.5. The highest BCUT2D eigenvalue weighted by molar-refractivity contribution is 5.23. The number of fused-ring (bicyclic) bond motifs is 7. The van der Waals surface area contributed by atoms with Gasteiger partial charge in [0.05, 0.1) is 11.7 Å². The Hall–Kier alpha value is -0.0800. The molecule has 5 aliphatic carbocycles. The lowest BCUT2D eigenvalue weighted by Gasteiger charge is -2.74. The van der Waals surface area contributed by atoms with Crippen molar-refractivity contribution < 1.29 is 10.2 Å². The van der Waals surface area contributed by atoms with Gasteiger partial charge >= 0.3 is 0 Å². The molecule has 5 aliphatic rings. The van der Waals surface area contributed by atoms with Crippen molar-refractivity contribution in [1.29, 1.82) is 0 Å². The molecular weight excluding hydrogens is 392 g/mol. The molecule has 0 aliphatic heterocycles. The van der Waals surface area contributed by atoms with Crippen LogP contribution in [-0.4, -0.2) is 21.9 Å². The van der Waals surface area contributed by atoms with E-state index in [0.29, 0.717) is 34.5 Å². The molecule has 0 aromatic carbocycles. The summed E-state index contributed by atoms with van der Waals surface area (Å²) in [7, 11) is 0. The third kappa shape index (κ3) is 2.51. The molecule has 0 amide bonds. The summed E-state index contributed by atoms with van der Waals surface area (Å²) < 4.78 is 0. The maximum absolute atomic E-state index is 12.5. The largest absolute Gasteiger partial charge is 0.393 e. The van der Waals surface area contributed by atoms with E-state index in [0.717, 1.165) is 18.8 Å². The molecule has 2 N–H and O–H groups in total. The molecule has 2 nitrogen and oxygen atoms in total. The van der Waals surface area contributed by atoms with Gasteiger partial charge in [0.1, 0.15) is 0 Å². The van der Waals surface area contributed by atoms with Crippen LogP contribution in [0.5, 0.6) is 0 Å². The van der Waals surface area contributed by atoms with Gasteiger partial charge in [-0.05, 0) is 121 Å². The fraction of sp³-hybridized carbons (Fsp3) is 1.00. The smallest absolute Gasteiger partial charge is 0.0737 e. The molecule has 0 aromatic heterocycles. The van der Waals surface area contributed by atoms with Gasteiger partial charge in [-0.3, -0.25) is 0 Å². The van der Waals surface area contributed by atoms with E-state index < -0.39 is 5.60 Å². The Morgan fingerprint density at radius 3 is 1.88 bits per heavy atom. The average molecular weight is 445 g/mol. The first-order chi connectivity index (χ1) is 14.7. The van der Waals surface area contributed by atoms with Crippen LogP contribution in [0.2, 0.25) is 0 Å². The van der Waals surface area contributed by atoms with Crippen LogP contribution < -0.4 is 0 Å². The van der Waals surface area contributed by atoms with Crippen molar-refractivity contribution >= 4 is 0 Å². The van der Waals surface area contributed by atoms with Crippen molar-refractivity contribution in [1.82, 2.24) is 0 Å². The maximum Gasteiger partial charge on any atom is 0.0737 e. The summed E-state index contributed by atoms with van der Waals surface area (Å²) in [6.07, 6.45) is 11.7. The quantitative estimate of drug-likeness (QED) is 0.448. The molecule has 0 unspecified atom stereocenters. The Kier molecular flexibility index (Phi) is 5.01. The van der Waals surface area contributed by atoms with Crippen LogP contribution in [-0.2, 0) is 0 Å². The molecule has 0 spiro atoms. The summed E-state index contributed by atoms with van der Waals surface area (Å²) in [6.45, 7) is 19.8. The zero-order valence-electron chi connectivity index (χ0n) is 22.4.